The number of hydrogen-bond donors (Lipinski definition) is 1. The number of amides is 1. The fourth-order valence-corrected chi connectivity index (χ4v) is 2.61. The van der Waals surface area contributed by atoms with E-state index in [2.05, 4.69) is 18.8 Å². The largest absolute Gasteiger partial charge is 0.336 e. The quantitative estimate of drug-likeness (QED) is 0.823. The molecule has 1 amide bonds. The first kappa shape index (κ1) is 13.6. The summed E-state index contributed by atoms with van der Waals surface area (Å²) in [6.45, 7) is 3.30. The predicted molar refractivity (Wildman–Crippen MR) is 76.7 cm³/mol. The molecule has 3 heteroatoms. The minimum absolute atomic E-state index is 0.103. The molecule has 2 rings (SSSR count). The minimum atomic E-state index is 0.103. The maximum Gasteiger partial charge on any atom is 0.255 e. The van der Waals surface area contributed by atoms with Crippen LogP contribution < -0.4 is 5.73 Å². The van der Waals surface area contributed by atoms with Crippen molar-refractivity contribution >= 4 is 5.91 Å². The zero-order chi connectivity index (χ0) is 13.7. The average molecular weight is 256 g/mol. The van der Waals surface area contributed by atoms with Gasteiger partial charge in [-0.15, -0.1) is 0 Å². The second kappa shape index (κ2) is 6.40. The lowest BCUT2D eigenvalue weighted by Crippen LogP contribution is -2.35. The number of carbonyl (C=O) groups is 1. The van der Waals surface area contributed by atoms with E-state index >= 15 is 0 Å². The van der Waals surface area contributed by atoms with Crippen molar-refractivity contribution in [3.05, 3.63) is 35.4 Å². The SMILES string of the molecule is CCC1CCCN1C(=O)c1ccccc1C#CCN. The van der Waals surface area contributed by atoms with Gasteiger partial charge in [-0.05, 0) is 31.4 Å². The molecule has 2 N–H and O–H groups in total. The summed E-state index contributed by atoms with van der Waals surface area (Å²) in [7, 11) is 0. The van der Waals surface area contributed by atoms with E-state index < -0.39 is 0 Å². The minimum Gasteiger partial charge on any atom is -0.336 e. The Morgan fingerprint density at radius 1 is 1.47 bits per heavy atom. The molecule has 1 saturated heterocycles. The van der Waals surface area contributed by atoms with Crippen LogP contribution in [0.2, 0.25) is 0 Å². The Balaban J connectivity index is 2.28. The highest BCUT2D eigenvalue weighted by Gasteiger charge is 2.28. The second-order valence-electron chi connectivity index (χ2n) is 4.75. The Hall–Kier alpha value is -1.79. The summed E-state index contributed by atoms with van der Waals surface area (Å²) in [6, 6.07) is 7.90. The van der Waals surface area contributed by atoms with Crippen molar-refractivity contribution in [1.82, 2.24) is 4.90 Å². The molecule has 100 valence electrons. The maximum absolute atomic E-state index is 12.6. The molecular weight excluding hydrogens is 236 g/mol. The molecule has 0 bridgehead atoms. The number of likely N-dealkylation sites (tertiary alicyclic amines) is 1. The number of hydrogen-bond acceptors (Lipinski definition) is 2. The standard InChI is InChI=1S/C16H20N2O/c1-2-14-9-6-12-18(14)16(19)15-10-4-3-7-13(15)8-5-11-17/h3-4,7,10,14H,2,6,9,11-12,17H2,1H3. The predicted octanol–water partition coefficient (Wildman–Crippen LogP) is 2.01. The molecule has 1 aromatic carbocycles. The van der Waals surface area contributed by atoms with Gasteiger partial charge in [0.1, 0.15) is 0 Å². The molecule has 0 radical (unpaired) electrons. The summed E-state index contributed by atoms with van der Waals surface area (Å²) < 4.78 is 0. The highest BCUT2D eigenvalue weighted by molar-refractivity contribution is 5.97. The molecule has 3 nitrogen and oxygen atoms in total. The zero-order valence-corrected chi connectivity index (χ0v) is 11.4. The van der Waals surface area contributed by atoms with Crippen LogP contribution in [0, 0.1) is 11.8 Å². The molecule has 0 saturated carbocycles. The Bertz CT molecular complexity index is 513. The van der Waals surface area contributed by atoms with Gasteiger partial charge in [0.05, 0.1) is 12.1 Å². The van der Waals surface area contributed by atoms with Gasteiger partial charge < -0.3 is 10.6 Å². The molecule has 0 spiro atoms. The van der Waals surface area contributed by atoms with Crippen molar-refractivity contribution < 1.29 is 4.79 Å². The van der Waals surface area contributed by atoms with Gasteiger partial charge in [0.2, 0.25) is 0 Å². The average Bonchev–Trinajstić information content (AvgIpc) is 2.93. The third-order valence-electron chi connectivity index (χ3n) is 3.59. The van der Waals surface area contributed by atoms with Crippen LogP contribution in [-0.4, -0.2) is 29.9 Å². The fourth-order valence-electron chi connectivity index (χ4n) is 2.61. The van der Waals surface area contributed by atoms with Crippen LogP contribution in [0.5, 0.6) is 0 Å². The zero-order valence-electron chi connectivity index (χ0n) is 11.4. The van der Waals surface area contributed by atoms with Gasteiger partial charge in [-0.1, -0.05) is 30.9 Å². The van der Waals surface area contributed by atoms with Gasteiger partial charge in [-0.2, -0.15) is 0 Å². The van der Waals surface area contributed by atoms with E-state index in [0.29, 0.717) is 18.2 Å². The molecule has 1 heterocycles. The van der Waals surface area contributed by atoms with Gasteiger partial charge in [-0.25, -0.2) is 0 Å². The Morgan fingerprint density at radius 2 is 2.26 bits per heavy atom. The smallest absolute Gasteiger partial charge is 0.255 e. The van der Waals surface area contributed by atoms with E-state index in [1.165, 1.54) is 0 Å². The highest BCUT2D eigenvalue weighted by Crippen LogP contribution is 2.23. The number of nitrogens with two attached hydrogens (primary N) is 1. The van der Waals surface area contributed by atoms with Crippen molar-refractivity contribution in [2.24, 2.45) is 5.73 Å². The normalized spacial score (nSPS) is 18.0. The number of benzene rings is 1. The van der Waals surface area contributed by atoms with Crippen LogP contribution >= 0.6 is 0 Å². The summed E-state index contributed by atoms with van der Waals surface area (Å²) in [5, 5.41) is 0. The molecule has 1 unspecified atom stereocenters. The van der Waals surface area contributed by atoms with Crippen molar-refractivity contribution in [2.45, 2.75) is 32.2 Å². The molecule has 1 fully saturated rings. The molecule has 1 aromatic rings. The van der Waals surface area contributed by atoms with E-state index in [9.17, 15) is 4.79 Å². The van der Waals surface area contributed by atoms with Crippen molar-refractivity contribution in [1.29, 1.82) is 0 Å². The molecule has 1 atom stereocenters. The van der Waals surface area contributed by atoms with Crippen LogP contribution in [0.4, 0.5) is 0 Å². The third-order valence-corrected chi connectivity index (χ3v) is 3.59. The highest BCUT2D eigenvalue weighted by atomic mass is 16.2. The van der Waals surface area contributed by atoms with Gasteiger partial charge in [0, 0.05) is 18.2 Å². The Morgan fingerprint density at radius 3 is 3.00 bits per heavy atom. The van der Waals surface area contributed by atoms with Crippen molar-refractivity contribution in [2.75, 3.05) is 13.1 Å². The summed E-state index contributed by atoms with van der Waals surface area (Å²) in [5.41, 5.74) is 6.87. The van der Waals surface area contributed by atoms with E-state index in [0.717, 1.165) is 31.4 Å². The first-order chi connectivity index (χ1) is 9.27. The molecular formula is C16H20N2O. The summed E-state index contributed by atoms with van der Waals surface area (Å²) >= 11 is 0. The first-order valence-corrected chi connectivity index (χ1v) is 6.86. The van der Waals surface area contributed by atoms with Crippen LogP contribution in [0.1, 0.15) is 42.1 Å². The van der Waals surface area contributed by atoms with E-state index in [-0.39, 0.29) is 5.91 Å². The molecule has 0 aromatic heterocycles. The number of carbonyl (C=O) groups excluding carboxylic acids is 1. The summed E-state index contributed by atoms with van der Waals surface area (Å²) in [4.78, 5) is 14.6. The molecule has 1 aliphatic heterocycles. The lowest BCUT2D eigenvalue weighted by atomic mass is 10.1. The van der Waals surface area contributed by atoms with Gasteiger partial charge in [0.15, 0.2) is 0 Å². The lowest BCUT2D eigenvalue weighted by Gasteiger charge is -2.24. The topological polar surface area (TPSA) is 46.3 Å². The summed E-state index contributed by atoms with van der Waals surface area (Å²) in [6.07, 6.45) is 3.22. The van der Waals surface area contributed by atoms with E-state index in [4.69, 9.17) is 5.73 Å². The first-order valence-electron chi connectivity index (χ1n) is 6.86. The van der Waals surface area contributed by atoms with Crippen LogP contribution in [0.3, 0.4) is 0 Å². The third kappa shape index (κ3) is 2.97. The molecule has 19 heavy (non-hydrogen) atoms. The van der Waals surface area contributed by atoms with Crippen LogP contribution in [-0.2, 0) is 0 Å². The van der Waals surface area contributed by atoms with E-state index in [1.54, 1.807) is 0 Å². The van der Waals surface area contributed by atoms with Gasteiger partial charge in [-0.3, -0.25) is 4.79 Å². The second-order valence-corrected chi connectivity index (χ2v) is 4.75. The Kier molecular flexibility index (Phi) is 4.59. The Labute approximate surface area is 114 Å². The summed E-state index contributed by atoms with van der Waals surface area (Å²) in [5.74, 6) is 5.91. The van der Waals surface area contributed by atoms with E-state index in [1.807, 2.05) is 29.2 Å². The molecule has 1 aliphatic rings. The van der Waals surface area contributed by atoms with Crippen molar-refractivity contribution in [3.63, 3.8) is 0 Å². The molecule has 0 aliphatic carbocycles. The lowest BCUT2D eigenvalue weighted by molar-refractivity contribution is 0.0733. The maximum atomic E-state index is 12.6. The van der Waals surface area contributed by atoms with Gasteiger partial charge >= 0.3 is 0 Å². The monoisotopic (exact) mass is 256 g/mol. The van der Waals surface area contributed by atoms with Crippen LogP contribution in [0.25, 0.3) is 0 Å². The van der Waals surface area contributed by atoms with Crippen LogP contribution in [0.15, 0.2) is 24.3 Å². The van der Waals surface area contributed by atoms with Crippen molar-refractivity contribution in [3.8, 4) is 11.8 Å². The number of nitrogens with zero attached hydrogens (tertiary/aromatic N) is 1. The fraction of sp³-hybridized carbons (Fsp3) is 0.438. The number of rotatable bonds is 2. The van der Waals surface area contributed by atoms with Gasteiger partial charge in [0.25, 0.3) is 5.91 Å².